The van der Waals surface area contributed by atoms with Crippen LogP contribution in [0, 0.1) is 5.82 Å². The molecule has 2 saturated heterocycles. The molecule has 0 saturated carbocycles. The number of aldehydes is 1. The number of rotatable bonds is 5. The molecule has 4 heterocycles. The quantitative estimate of drug-likeness (QED) is 0.431. The number of hydrogen-bond donors (Lipinski definition) is 0. The average Bonchev–Trinajstić information content (AvgIpc) is 3.32. The zero-order valence-corrected chi connectivity index (χ0v) is 22.8. The number of morpholine rings is 2. The maximum atomic E-state index is 14.9. The molecule has 2 atom stereocenters. The van der Waals surface area contributed by atoms with E-state index in [1.165, 1.54) is 21.7 Å². The minimum Gasteiger partial charge on any atom is -0.379 e. The minimum atomic E-state index is -4.10. The molecule has 12 heteroatoms. The summed E-state index contributed by atoms with van der Waals surface area (Å²) in [4.78, 5) is 28.7. The lowest BCUT2D eigenvalue weighted by molar-refractivity contribution is -0.116. The SMILES string of the molecule is C[C@H]1COCCN1Cc1ccc(-n2nc(C(=O)N3CCOCC3C=O)c3c2-c2cccc(F)c2S(=O)(=O)C3)cc1. The number of carbonyl (C=O) groups is 2. The second kappa shape index (κ2) is 10.5. The van der Waals surface area contributed by atoms with Crippen molar-refractivity contribution in [2.75, 3.05) is 39.5 Å². The molecule has 1 aromatic heterocycles. The van der Waals surface area contributed by atoms with Crippen LogP contribution in [0.3, 0.4) is 0 Å². The van der Waals surface area contributed by atoms with Gasteiger partial charge in [0.15, 0.2) is 15.5 Å². The summed E-state index contributed by atoms with van der Waals surface area (Å²) in [6.07, 6.45) is 0.635. The fourth-order valence-corrected chi connectivity index (χ4v) is 7.26. The topological polar surface area (TPSA) is 111 Å². The van der Waals surface area contributed by atoms with E-state index in [2.05, 4.69) is 16.9 Å². The Morgan fingerprint density at radius 3 is 2.60 bits per heavy atom. The molecule has 0 aliphatic carbocycles. The second-order valence-corrected chi connectivity index (χ2v) is 12.2. The lowest BCUT2D eigenvalue weighted by atomic mass is 10.0. The predicted octanol–water partition coefficient (Wildman–Crippen LogP) is 2.23. The van der Waals surface area contributed by atoms with Gasteiger partial charge in [-0.3, -0.25) is 9.69 Å². The van der Waals surface area contributed by atoms with Gasteiger partial charge in [-0.05, 0) is 30.7 Å². The molecule has 2 fully saturated rings. The zero-order valence-electron chi connectivity index (χ0n) is 22.0. The van der Waals surface area contributed by atoms with Gasteiger partial charge in [0.2, 0.25) is 0 Å². The molecule has 0 bridgehead atoms. The molecule has 0 N–H and O–H groups in total. The third kappa shape index (κ3) is 4.64. The molecule has 1 unspecified atom stereocenters. The number of nitrogens with zero attached hydrogens (tertiary/aromatic N) is 4. The fraction of sp³-hybridized carbons (Fsp3) is 0.393. The van der Waals surface area contributed by atoms with Crippen LogP contribution in [-0.2, 0) is 36.4 Å². The van der Waals surface area contributed by atoms with E-state index >= 15 is 0 Å². The summed E-state index contributed by atoms with van der Waals surface area (Å²) in [5.41, 5.74) is 2.27. The van der Waals surface area contributed by atoms with Gasteiger partial charge in [-0.2, -0.15) is 5.10 Å². The third-order valence-corrected chi connectivity index (χ3v) is 9.41. The van der Waals surface area contributed by atoms with E-state index in [1.807, 2.05) is 24.3 Å². The van der Waals surface area contributed by atoms with Crippen molar-refractivity contribution in [2.45, 2.75) is 36.2 Å². The van der Waals surface area contributed by atoms with Gasteiger partial charge in [0, 0.05) is 36.8 Å². The van der Waals surface area contributed by atoms with Crippen LogP contribution in [0.1, 0.15) is 28.5 Å². The third-order valence-electron chi connectivity index (χ3n) is 7.71. The smallest absolute Gasteiger partial charge is 0.275 e. The van der Waals surface area contributed by atoms with E-state index in [4.69, 9.17) is 9.47 Å². The molecule has 0 spiro atoms. The molecule has 10 nitrogen and oxygen atoms in total. The highest BCUT2D eigenvalue weighted by Crippen LogP contribution is 2.42. The normalized spacial score (nSPS) is 22.4. The number of halogens is 1. The molecule has 3 aliphatic heterocycles. The van der Waals surface area contributed by atoms with Crippen molar-refractivity contribution in [3.63, 3.8) is 0 Å². The Bertz CT molecular complexity index is 1570. The molecule has 40 heavy (non-hydrogen) atoms. The van der Waals surface area contributed by atoms with E-state index in [1.54, 1.807) is 0 Å². The van der Waals surface area contributed by atoms with E-state index in [0.717, 1.165) is 24.7 Å². The van der Waals surface area contributed by atoms with Gasteiger partial charge >= 0.3 is 0 Å². The van der Waals surface area contributed by atoms with Crippen molar-refractivity contribution in [3.8, 4) is 16.9 Å². The standard InChI is InChI=1S/C28H29FN4O6S/c1-18-15-38-11-9-31(18)13-19-5-7-20(8-6-19)33-26-22-3-2-4-24(29)27(22)40(36,37)17-23(26)25(30-33)28(35)32-10-12-39-16-21(32)14-34/h2-8,14,18,21H,9-13,15-17H2,1H3/t18-,21?/m0/s1. The summed E-state index contributed by atoms with van der Waals surface area (Å²) in [5, 5.41) is 4.61. The van der Waals surface area contributed by atoms with Crippen molar-refractivity contribution in [1.82, 2.24) is 19.6 Å². The van der Waals surface area contributed by atoms with Gasteiger partial charge in [0.25, 0.3) is 5.91 Å². The molecule has 0 radical (unpaired) electrons. The highest BCUT2D eigenvalue weighted by Gasteiger charge is 2.40. The van der Waals surface area contributed by atoms with Gasteiger partial charge in [0.05, 0.1) is 43.6 Å². The first-order valence-corrected chi connectivity index (χ1v) is 14.8. The van der Waals surface area contributed by atoms with Crippen LogP contribution in [0.5, 0.6) is 0 Å². The van der Waals surface area contributed by atoms with E-state index in [0.29, 0.717) is 36.9 Å². The first kappa shape index (κ1) is 26.8. The van der Waals surface area contributed by atoms with Crippen molar-refractivity contribution in [1.29, 1.82) is 0 Å². The number of aromatic nitrogens is 2. The first-order valence-electron chi connectivity index (χ1n) is 13.2. The highest BCUT2D eigenvalue weighted by atomic mass is 32.2. The van der Waals surface area contributed by atoms with Gasteiger partial charge < -0.3 is 19.2 Å². The minimum absolute atomic E-state index is 0.0493. The van der Waals surface area contributed by atoms with Crippen LogP contribution in [0.4, 0.5) is 4.39 Å². The van der Waals surface area contributed by atoms with Gasteiger partial charge in [0.1, 0.15) is 23.0 Å². The Morgan fingerprint density at radius 2 is 1.85 bits per heavy atom. The summed E-state index contributed by atoms with van der Waals surface area (Å²) in [7, 11) is -4.10. The van der Waals surface area contributed by atoms with E-state index in [-0.39, 0.29) is 36.6 Å². The average molecular weight is 569 g/mol. The summed E-state index contributed by atoms with van der Waals surface area (Å²) in [6, 6.07) is 11.2. The summed E-state index contributed by atoms with van der Waals surface area (Å²) >= 11 is 0. The van der Waals surface area contributed by atoms with Crippen LogP contribution in [-0.4, -0.2) is 91.8 Å². The van der Waals surface area contributed by atoms with Gasteiger partial charge in [-0.15, -0.1) is 0 Å². The van der Waals surface area contributed by atoms with E-state index < -0.39 is 38.3 Å². The monoisotopic (exact) mass is 568 g/mol. The van der Waals surface area contributed by atoms with Crippen LogP contribution in [0.2, 0.25) is 0 Å². The predicted molar refractivity (Wildman–Crippen MR) is 142 cm³/mol. The fourth-order valence-electron chi connectivity index (χ4n) is 5.59. The number of hydrogen-bond acceptors (Lipinski definition) is 8. The van der Waals surface area contributed by atoms with Crippen molar-refractivity contribution in [3.05, 3.63) is 65.1 Å². The molecular formula is C28H29FN4O6S. The van der Waals surface area contributed by atoms with Gasteiger partial charge in [-0.25, -0.2) is 17.5 Å². The van der Waals surface area contributed by atoms with E-state index in [9.17, 15) is 22.4 Å². The van der Waals surface area contributed by atoms with Crippen molar-refractivity contribution in [2.24, 2.45) is 0 Å². The summed E-state index contributed by atoms with van der Waals surface area (Å²) in [6.45, 7) is 5.52. The zero-order chi connectivity index (χ0) is 28.0. The number of fused-ring (bicyclic) bond motifs is 3. The number of sulfone groups is 1. The highest BCUT2D eigenvalue weighted by molar-refractivity contribution is 7.91. The number of carbonyl (C=O) groups excluding carboxylic acids is 2. The molecule has 3 aromatic rings. The first-order chi connectivity index (χ1) is 19.3. The number of amides is 1. The maximum absolute atomic E-state index is 14.9. The van der Waals surface area contributed by atoms with Crippen LogP contribution in [0.15, 0.2) is 47.4 Å². The lowest BCUT2D eigenvalue weighted by Gasteiger charge is -2.33. The van der Waals surface area contributed by atoms with Crippen LogP contribution < -0.4 is 0 Å². The molecule has 3 aliphatic rings. The number of benzene rings is 2. The lowest BCUT2D eigenvalue weighted by Crippen LogP contribution is -2.49. The molecular weight excluding hydrogens is 539 g/mol. The summed E-state index contributed by atoms with van der Waals surface area (Å²) < 4.78 is 53.8. The Kier molecular flexibility index (Phi) is 7.03. The molecule has 2 aromatic carbocycles. The van der Waals surface area contributed by atoms with Crippen molar-refractivity contribution < 1.29 is 31.9 Å². The molecule has 1 amide bonds. The Morgan fingerprint density at radius 1 is 1.10 bits per heavy atom. The second-order valence-electron chi connectivity index (χ2n) is 10.3. The molecule has 6 rings (SSSR count). The van der Waals surface area contributed by atoms with Crippen molar-refractivity contribution >= 4 is 22.0 Å². The van der Waals surface area contributed by atoms with Crippen LogP contribution in [0.25, 0.3) is 16.9 Å². The maximum Gasteiger partial charge on any atom is 0.275 e. The Labute approximate surface area is 231 Å². The Balaban J connectivity index is 1.45. The summed E-state index contributed by atoms with van der Waals surface area (Å²) in [5.74, 6) is -2.00. The van der Waals surface area contributed by atoms with Gasteiger partial charge in [-0.1, -0.05) is 24.3 Å². The molecule has 210 valence electrons. The number of ether oxygens (including phenoxy) is 2. The largest absolute Gasteiger partial charge is 0.379 e. The Hall–Kier alpha value is -3.45. The van der Waals surface area contributed by atoms with Crippen LogP contribution >= 0.6 is 0 Å².